The molecule has 2 unspecified atom stereocenters. The van der Waals surface area contributed by atoms with Gasteiger partial charge in [0, 0.05) is 0 Å². The molecule has 0 saturated carbocycles. The van der Waals surface area contributed by atoms with Crippen LogP contribution in [0.3, 0.4) is 0 Å². The quantitative estimate of drug-likeness (QED) is 0.505. The fourth-order valence-corrected chi connectivity index (χ4v) is 1.88. The normalized spacial score (nSPS) is 15.7. The van der Waals surface area contributed by atoms with E-state index in [1.54, 1.807) is 0 Å². The van der Waals surface area contributed by atoms with Crippen molar-refractivity contribution in [3.63, 3.8) is 0 Å². The third-order valence-electron chi connectivity index (χ3n) is 2.75. The van der Waals surface area contributed by atoms with Crippen molar-refractivity contribution in [3.8, 4) is 0 Å². The Hall–Kier alpha value is 0. The molecule has 13 heavy (non-hydrogen) atoms. The second kappa shape index (κ2) is 8.59. The van der Waals surface area contributed by atoms with Crippen molar-refractivity contribution in [2.45, 2.75) is 66.2 Å². The van der Waals surface area contributed by atoms with Gasteiger partial charge in [-0.3, -0.25) is 0 Å². The van der Waals surface area contributed by atoms with Gasteiger partial charge in [0.1, 0.15) is 0 Å². The van der Waals surface area contributed by atoms with Crippen LogP contribution in [0.1, 0.15) is 66.2 Å². The largest absolute Gasteiger partial charge is 0.0654 e. The molecule has 0 aromatic heterocycles. The van der Waals surface area contributed by atoms with Crippen LogP contribution in [0.15, 0.2) is 0 Å². The summed E-state index contributed by atoms with van der Waals surface area (Å²) < 4.78 is 0. The molecule has 2 atom stereocenters. The molecule has 0 amide bonds. The monoisotopic (exact) mass is 183 g/mol. The molecule has 0 heteroatoms. The molecule has 0 spiro atoms. The summed E-state index contributed by atoms with van der Waals surface area (Å²) in [5.74, 6) is 1.76. The summed E-state index contributed by atoms with van der Waals surface area (Å²) in [5, 5.41) is 0. The predicted molar refractivity (Wildman–Crippen MR) is 61.7 cm³/mol. The maximum Gasteiger partial charge on any atom is -0.0357 e. The molecule has 0 aliphatic carbocycles. The SMILES string of the molecule is CCCC(C)[CH]CCC(C)CCC. The highest BCUT2D eigenvalue weighted by molar-refractivity contribution is 4.73. The van der Waals surface area contributed by atoms with Gasteiger partial charge in [-0.1, -0.05) is 59.8 Å². The molecule has 0 aliphatic rings. The zero-order chi connectivity index (χ0) is 10.1. The van der Waals surface area contributed by atoms with E-state index in [0.717, 1.165) is 11.8 Å². The summed E-state index contributed by atoms with van der Waals surface area (Å²) in [6.45, 7) is 9.26. The minimum atomic E-state index is 0.832. The molecule has 0 heterocycles. The first-order valence-electron chi connectivity index (χ1n) is 6.04. The lowest BCUT2D eigenvalue weighted by Gasteiger charge is -2.12. The van der Waals surface area contributed by atoms with E-state index in [4.69, 9.17) is 0 Å². The van der Waals surface area contributed by atoms with Gasteiger partial charge in [0.2, 0.25) is 0 Å². The van der Waals surface area contributed by atoms with Crippen LogP contribution in [0.2, 0.25) is 0 Å². The first-order valence-corrected chi connectivity index (χ1v) is 6.04. The summed E-state index contributed by atoms with van der Waals surface area (Å²) in [5.41, 5.74) is 0. The second-order valence-corrected chi connectivity index (χ2v) is 4.47. The van der Waals surface area contributed by atoms with E-state index in [1.165, 1.54) is 38.5 Å². The van der Waals surface area contributed by atoms with Crippen LogP contribution in [0.5, 0.6) is 0 Å². The maximum atomic E-state index is 2.51. The average molecular weight is 183 g/mol. The number of hydrogen-bond donors (Lipinski definition) is 0. The van der Waals surface area contributed by atoms with Gasteiger partial charge < -0.3 is 0 Å². The summed E-state index contributed by atoms with van der Waals surface area (Å²) >= 11 is 0. The van der Waals surface area contributed by atoms with Gasteiger partial charge in [-0.15, -0.1) is 0 Å². The Kier molecular flexibility index (Phi) is 8.59. The molecule has 0 saturated heterocycles. The molecular weight excluding hydrogens is 156 g/mol. The predicted octanol–water partition coefficient (Wildman–Crippen LogP) is 4.84. The molecule has 79 valence electrons. The Bertz CT molecular complexity index is 84.2. The summed E-state index contributed by atoms with van der Waals surface area (Å²) in [7, 11) is 0. The highest BCUT2D eigenvalue weighted by Crippen LogP contribution is 2.17. The lowest BCUT2D eigenvalue weighted by molar-refractivity contribution is 0.463. The lowest BCUT2D eigenvalue weighted by Crippen LogP contribution is -1.99. The summed E-state index contributed by atoms with van der Waals surface area (Å²) in [4.78, 5) is 0. The maximum absolute atomic E-state index is 2.51. The van der Waals surface area contributed by atoms with E-state index in [-0.39, 0.29) is 0 Å². The molecule has 0 aromatic rings. The fourth-order valence-electron chi connectivity index (χ4n) is 1.88. The van der Waals surface area contributed by atoms with Crippen LogP contribution in [-0.2, 0) is 0 Å². The highest BCUT2D eigenvalue weighted by Gasteiger charge is 2.03. The van der Waals surface area contributed by atoms with Crippen LogP contribution in [0.25, 0.3) is 0 Å². The highest BCUT2D eigenvalue weighted by atomic mass is 14.1. The Morgan fingerprint density at radius 1 is 0.923 bits per heavy atom. The van der Waals surface area contributed by atoms with Gasteiger partial charge >= 0.3 is 0 Å². The second-order valence-electron chi connectivity index (χ2n) is 4.47. The topological polar surface area (TPSA) is 0 Å². The van der Waals surface area contributed by atoms with Crippen molar-refractivity contribution in [3.05, 3.63) is 6.42 Å². The Balaban J connectivity index is 3.23. The zero-order valence-electron chi connectivity index (χ0n) is 9.97. The van der Waals surface area contributed by atoms with E-state index < -0.39 is 0 Å². The van der Waals surface area contributed by atoms with E-state index in [0.29, 0.717) is 0 Å². The Morgan fingerprint density at radius 3 is 2.08 bits per heavy atom. The van der Waals surface area contributed by atoms with E-state index in [2.05, 4.69) is 34.1 Å². The Labute approximate surface area is 85.1 Å². The fraction of sp³-hybridized carbons (Fsp3) is 0.923. The Morgan fingerprint density at radius 2 is 1.54 bits per heavy atom. The van der Waals surface area contributed by atoms with Gasteiger partial charge in [0.25, 0.3) is 0 Å². The third kappa shape index (κ3) is 8.33. The first-order chi connectivity index (χ1) is 6.20. The number of hydrogen-bond acceptors (Lipinski definition) is 0. The van der Waals surface area contributed by atoms with Gasteiger partial charge in [-0.25, -0.2) is 0 Å². The molecular formula is C13H27. The minimum Gasteiger partial charge on any atom is -0.0654 e. The van der Waals surface area contributed by atoms with Gasteiger partial charge in [-0.2, -0.15) is 0 Å². The van der Waals surface area contributed by atoms with Crippen LogP contribution in [0.4, 0.5) is 0 Å². The van der Waals surface area contributed by atoms with Gasteiger partial charge in [0.15, 0.2) is 0 Å². The van der Waals surface area contributed by atoms with Gasteiger partial charge in [-0.05, 0) is 24.7 Å². The first kappa shape index (κ1) is 13.0. The summed E-state index contributed by atoms with van der Waals surface area (Å²) in [6, 6.07) is 0. The molecule has 1 radical (unpaired) electrons. The van der Waals surface area contributed by atoms with Gasteiger partial charge in [0.05, 0.1) is 0 Å². The van der Waals surface area contributed by atoms with Crippen LogP contribution < -0.4 is 0 Å². The van der Waals surface area contributed by atoms with Crippen molar-refractivity contribution >= 4 is 0 Å². The molecule has 0 aliphatic heterocycles. The van der Waals surface area contributed by atoms with E-state index in [1.807, 2.05) is 0 Å². The molecule has 0 bridgehead atoms. The van der Waals surface area contributed by atoms with Crippen molar-refractivity contribution in [2.75, 3.05) is 0 Å². The third-order valence-corrected chi connectivity index (χ3v) is 2.75. The standard InChI is InChI=1S/C13H27/c1-5-8-12(3)10-7-11-13(4)9-6-2/h10,12-13H,5-9,11H2,1-4H3. The number of rotatable bonds is 8. The molecule has 0 nitrogen and oxygen atoms in total. The lowest BCUT2D eigenvalue weighted by atomic mass is 9.94. The van der Waals surface area contributed by atoms with Crippen LogP contribution in [0, 0.1) is 18.3 Å². The molecule has 0 rings (SSSR count). The molecule has 0 aromatic carbocycles. The van der Waals surface area contributed by atoms with E-state index in [9.17, 15) is 0 Å². The van der Waals surface area contributed by atoms with Crippen LogP contribution >= 0.6 is 0 Å². The zero-order valence-corrected chi connectivity index (χ0v) is 9.97. The van der Waals surface area contributed by atoms with Crippen LogP contribution in [-0.4, -0.2) is 0 Å². The van der Waals surface area contributed by atoms with Crippen molar-refractivity contribution in [1.29, 1.82) is 0 Å². The van der Waals surface area contributed by atoms with E-state index >= 15 is 0 Å². The van der Waals surface area contributed by atoms with Crippen molar-refractivity contribution < 1.29 is 0 Å². The minimum absolute atomic E-state index is 0.832. The summed E-state index contributed by atoms with van der Waals surface area (Å²) in [6.07, 6.45) is 10.6. The molecule has 0 N–H and O–H groups in total. The average Bonchev–Trinajstić information content (AvgIpc) is 2.05. The molecule has 0 fully saturated rings. The van der Waals surface area contributed by atoms with Crippen molar-refractivity contribution in [1.82, 2.24) is 0 Å². The van der Waals surface area contributed by atoms with Crippen molar-refractivity contribution in [2.24, 2.45) is 11.8 Å². The smallest absolute Gasteiger partial charge is 0.0357 e.